The van der Waals surface area contributed by atoms with Gasteiger partial charge in [0.1, 0.15) is 11.6 Å². The van der Waals surface area contributed by atoms with E-state index < -0.39 is 11.7 Å². The van der Waals surface area contributed by atoms with Crippen molar-refractivity contribution >= 4 is 46.5 Å². The highest BCUT2D eigenvalue weighted by Crippen LogP contribution is 2.27. The summed E-state index contributed by atoms with van der Waals surface area (Å²) in [6.07, 6.45) is 3.28. The van der Waals surface area contributed by atoms with Gasteiger partial charge in [0.05, 0.1) is 11.6 Å². The molecule has 0 unspecified atom stereocenters. The smallest absolute Gasteiger partial charge is 0.277 e. The van der Waals surface area contributed by atoms with Crippen LogP contribution in [0.1, 0.15) is 16.1 Å². The number of hydrogen-bond donors (Lipinski definition) is 1. The van der Waals surface area contributed by atoms with E-state index in [0.29, 0.717) is 38.7 Å². The van der Waals surface area contributed by atoms with Gasteiger partial charge in [0, 0.05) is 28.5 Å². The number of carbonyl (C=O) groups excluding carboxylic acids is 1. The Hall–Kier alpha value is -3.07. The predicted molar refractivity (Wildman–Crippen MR) is 120 cm³/mol. The summed E-state index contributed by atoms with van der Waals surface area (Å²) in [5, 5.41) is 12.3. The Labute approximate surface area is 197 Å². The first-order valence-corrected chi connectivity index (χ1v) is 10.4. The van der Waals surface area contributed by atoms with Crippen molar-refractivity contribution in [3.8, 4) is 5.75 Å². The van der Waals surface area contributed by atoms with Crippen LogP contribution in [0.4, 0.5) is 10.2 Å². The molecule has 0 atom stereocenters. The summed E-state index contributed by atoms with van der Waals surface area (Å²) in [5.41, 5.74) is 0.889. The fourth-order valence-electron chi connectivity index (χ4n) is 2.80. The minimum Gasteiger partial charge on any atom is -0.470 e. The highest BCUT2D eigenvalue weighted by Gasteiger charge is 2.13. The van der Waals surface area contributed by atoms with Crippen molar-refractivity contribution in [2.24, 2.45) is 0 Å². The first-order chi connectivity index (χ1) is 15.4. The van der Waals surface area contributed by atoms with E-state index in [9.17, 15) is 9.18 Å². The summed E-state index contributed by atoms with van der Waals surface area (Å²) in [7, 11) is 0. The Balaban J connectivity index is 1.35. The number of hydrogen-bond acceptors (Lipinski definition) is 4. The molecule has 0 saturated carbocycles. The zero-order valence-corrected chi connectivity index (χ0v) is 18.6. The molecule has 0 fully saturated rings. The minimum absolute atomic E-state index is 0.0572. The van der Waals surface area contributed by atoms with Crippen molar-refractivity contribution < 1.29 is 13.9 Å². The van der Waals surface area contributed by atoms with Crippen LogP contribution < -0.4 is 10.1 Å². The van der Waals surface area contributed by atoms with Crippen molar-refractivity contribution in [3.05, 3.63) is 93.1 Å². The molecule has 1 N–H and O–H groups in total. The summed E-state index contributed by atoms with van der Waals surface area (Å²) in [6, 6.07) is 12.2. The summed E-state index contributed by atoms with van der Waals surface area (Å²) >= 11 is 18.0. The molecule has 0 bridgehead atoms. The van der Waals surface area contributed by atoms with Crippen LogP contribution >= 0.6 is 34.8 Å². The second-order valence-corrected chi connectivity index (χ2v) is 7.93. The van der Waals surface area contributed by atoms with Crippen LogP contribution in [0.15, 0.2) is 60.9 Å². The topological polar surface area (TPSA) is 74.0 Å². The molecule has 164 valence electrons. The summed E-state index contributed by atoms with van der Waals surface area (Å²) in [4.78, 5) is 12.5. The highest BCUT2D eigenvalue weighted by molar-refractivity contribution is 6.35. The van der Waals surface area contributed by atoms with E-state index >= 15 is 0 Å². The van der Waals surface area contributed by atoms with Crippen LogP contribution in [0.2, 0.25) is 15.1 Å². The summed E-state index contributed by atoms with van der Waals surface area (Å²) in [5.74, 6) is -0.0528. The standard InChI is InChI=1S/C21H15Cl3FN5O2/c22-14-2-4-19(17(24)9-14)32-12-30-7-5-18(27-30)21(31)26-20-6-8-29(28-20)11-13-1-3-15(25)10-16(13)23/h1-10H,11-12H2,(H,26,28,31). The molecule has 0 saturated heterocycles. The number of anilines is 1. The Bertz CT molecular complexity index is 1270. The van der Waals surface area contributed by atoms with Crippen LogP contribution in [0.3, 0.4) is 0 Å². The predicted octanol–water partition coefficient (Wildman–Crippen LogP) is 5.52. The minimum atomic E-state index is -0.432. The molecule has 4 aromatic rings. The van der Waals surface area contributed by atoms with Crippen molar-refractivity contribution in [1.29, 1.82) is 0 Å². The van der Waals surface area contributed by atoms with Crippen molar-refractivity contribution in [2.75, 3.05) is 5.32 Å². The van der Waals surface area contributed by atoms with Crippen LogP contribution in [-0.2, 0) is 13.3 Å². The molecule has 2 heterocycles. The average molecular weight is 495 g/mol. The summed E-state index contributed by atoms with van der Waals surface area (Å²) in [6.45, 7) is 0.385. The lowest BCUT2D eigenvalue weighted by Crippen LogP contribution is -2.15. The zero-order chi connectivity index (χ0) is 22.7. The van der Waals surface area contributed by atoms with E-state index in [4.69, 9.17) is 39.5 Å². The van der Waals surface area contributed by atoms with Gasteiger partial charge in [-0.15, -0.1) is 0 Å². The van der Waals surface area contributed by atoms with E-state index in [1.54, 1.807) is 53.5 Å². The highest BCUT2D eigenvalue weighted by atomic mass is 35.5. The van der Waals surface area contributed by atoms with Crippen LogP contribution in [-0.4, -0.2) is 25.5 Å². The molecule has 32 heavy (non-hydrogen) atoms. The largest absolute Gasteiger partial charge is 0.470 e. The number of amides is 1. The van der Waals surface area contributed by atoms with Crippen molar-refractivity contribution in [1.82, 2.24) is 19.6 Å². The fraction of sp³-hybridized carbons (Fsp3) is 0.0952. The molecule has 0 radical (unpaired) electrons. The van der Waals surface area contributed by atoms with Crippen molar-refractivity contribution in [2.45, 2.75) is 13.3 Å². The molecule has 11 heteroatoms. The molecule has 4 rings (SSSR count). The molecule has 7 nitrogen and oxygen atoms in total. The van der Waals surface area contributed by atoms with E-state index in [1.807, 2.05) is 0 Å². The third-order valence-electron chi connectivity index (χ3n) is 4.35. The third-order valence-corrected chi connectivity index (χ3v) is 5.23. The molecule has 2 aromatic heterocycles. The molecule has 0 aliphatic rings. The maximum atomic E-state index is 13.2. The second-order valence-electron chi connectivity index (χ2n) is 6.68. The number of rotatable bonds is 7. The monoisotopic (exact) mass is 493 g/mol. The molecular weight excluding hydrogens is 480 g/mol. The maximum Gasteiger partial charge on any atom is 0.277 e. The number of nitrogens with zero attached hydrogens (tertiary/aromatic N) is 4. The van der Waals surface area contributed by atoms with E-state index in [1.165, 1.54) is 16.8 Å². The van der Waals surface area contributed by atoms with Gasteiger partial charge in [0.2, 0.25) is 0 Å². The average Bonchev–Trinajstić information content (AvgIpc) is 3.39. The maximum absolute atomic E-state index is 13.2. The Morgan fingerprint density at radius 1 is 0.969 bits per heavy atom. The Morgan fingerprint density at radius 3 is 2.56 bits per heavy atom. The number of ether oxygens (including phenoxy) is 1. The zero-order valence-electron chi connectivity index (χ0n) is 16.3. The molecular formula is C21H15Cl3FN5O2. The molecule has 2 aromatic carbocycles. The molecule has 0 aliphatic carbocycles. The van der Waals surface area contributed by atoms with Crippen LogP contribution in [0, 0.1) is 5.82 Å². The van der Waals surface area contributed by atoms with Gasteiger partial charge in [-0.1, -0.05) is 40.9 Å². The van der Waals surface area contributed by atoms with E-state index in [-0.39, 0.29) is 12.4 Å². The quantitative estimate of drug-likeness (QED) is 0.367. The number of benzene rings is 2. The van der Waals surface area contributed by atoms with Gasteiger partial charge < -0.3 is 10.1 Å². The Kier molecular flexibility index (Phi) is 6.64. The van der Waals surface area contributed by atoms with Gasteiger partial charge >= 0.3 is 0 Å². The third kappa shape index (κ3) is 5.40. The lowest BCUT2D eigenvalue weighted by atomic mass is 10.2. The van der Waals surface area contributed by atoms with Gasteiger partial charge in [-0.3, -0.25) is 9.48 Å². The van der Waals surface area contributed by atoms with Crippen LogP contribution in [0.25, 0.3) is 0 Å². The lowest BCUT2D eigenvalue weighted by molar-refractivity contribution is 0.101. The fourth-order valence-corrected chi connectivity index (χ4v) is 3.49. The molecule has 0 spiro atoms. The first kappa shape index (κ1) is 22.1. The Morgan fingerprint density at radius 2 is 1.78 bits per heavy atom. The van der Waals surface area contributed by atoms with Crippen LogP contribution in [0.5, 0.6) is 5.75 Å². The number of aromatic nitrogens is 4. The van der Waals surface area contributed by atoms with Gasteiger partial charge in [-0.25, -0.2) is 9.07 Å². The lowest BCUT2D eigenvalue weighted by Gasteiger charge is -2.08. The van der Waals surface area contributed by atoms with E-state index in [2.05, 4.69) is 15.5 Å². The summed E-state index contributed by atoms with van der Waals surface area (Å²) < 4.78 is 21.8. The van der Waals surface area contributed by atoms with E-state index in [0.717, 1.165) is 0 Å². The first-order valence-electron chi connectivity index (χ1n) is 9.27. The van der Waals surface area contributed by atoms with Crippen molar-refractivity contribution in [3.63, 3.8) is 0 Å². The van der Waals surface area contributed by atoms with Gasteiger partial charge in [0.25, 0.3) is 5.91 Å². The number of halogens is 4. The van der Waals surface area contributed by atoms with Gasteiger partial charge in [0.15, 0.2) is 18.2 Å². The van der Waals surface area contributed by atoms with Gasteiger partial charge in [-0.05, 0) is 42.0 Å². The SMILES string of the molecule is O=C(Nc1ccn(Cc2ccc(F)cc2Cl)n1)c1ccn(COc2ccc(Cl)cc2Cl)n1. The normalized spacial score (nSPS) is 10.9. The molecule has 0 aliphatic heterocycles. The second kappa shape index (κ2) is 9.60. The number of nitrogens with one attached hydrogen (secondary N) is 1. The van der Waals surface area contributed by atoms with Gasteiger partial charge in [-0.2, -0.15) is 10.2 Å². The molecule has 1 amide bonds. The number of carbonyl (C=O) groups is 1.